The third-order valence-electron chi connectivity index (χ3n) is 3.80. The Balaban J connectivity index is 1.59. The first-order chi connectivity index (χ1) is 12.7. The number of hydrogen-bond acceptors (Lipinski definition) is 5. The Morgan fingerprint density at radius 1 is 1.23 bits per heavy atom. The highest BCUT2D eigenvalue weighted by Gasteiger charge is 2.11. The fourth-order valence-electron chi connectivity index (χ4n) is 2.46. The Labute approximate surface area is 155 Å². The molecule has 0 fully saturated rings. The molecule has 1 amide bonds. The Hall–Kier alpha value is -3.17. The second-order valence-electron chi connectivity index (χ2n) is 5.58. The van der Waals surface area contributed by atoms with Crippen LogP contribution < -0.4 is 10.1 Å². The molecule has 1 aromatic heterocycles. The molecule has 26 heavy (non-hydrogen) atoms. The monoisotopic (exact) mass is 363 g/mol. The topological polar surface area (TPSA) is 75.0 Å². The minimum Gasteiger partial charge on any atom is -0.496 e. The van der Waals surface area contributed by atoms with Crippen LogP contribution in [0.3, 0.4) is 0 Å². The zero-order chi connectivity index (χ0) is 18.4. The van der Waals surface area contributed by atoms with Crippen LogP contribution in [0.15, 0.2) is 53.9 Å². The number of carbonyl (C=O) groups excluding carboxylic acids is 1. The van der Waals surface area contributed by atoms with Gasteiger partial charge in [0.2, 0.25) is 5.91 Å². The van der Waals surface area contributed by atoms with Crippen molar-refractivity contribution >= 4 is 22.9 Å². The first kappa shape index (κ1) is 17.6. The summed E-state index contributed by atoms with van der Waals surface area (Å²) in [6.45, 7) is 0. The van der Waals surface area contributed by atoms with Crippen molar-refractivity contribution in [2.75, 3.05) is 12.4 Å². The number of thiazole rings is 1. The van der Waals surface area contributed by atoms with Gasteiger partial charge in [0, 0.05) is 17.5 Å². The lowest BCUT2D eigenvalue weighted by Crippen LogP contribution is -2.12. The van der Waals surface area contributed by atoms with Crippen LogP contribution in [-0.4, -0.2) is 18.0 Å². The van der Waals surface area contributed by atoms with Crippen LogP contribution in [0.25, 0.3) is 10.6 Å². The van der Waals surface area contributed by atoms with E-state index in [1.54, 1.807) is 31.4 Å². The lowest BCUT2D eigenvalue weighted by atomic mass is 10.2. The van der Waals surface area contributed by atoms with Gasteiger partial charge in [-0.15, -0.1) is 11.3 Å². The van der Waals surface area contributed by atoms with E-state index in [-0.39, 0.29) is 5.91 Å². The van der Waals surface area contributed by atoms with Crippen molar-refractivity contribution in [1.29, 1.82) is 5.26 Å². The van der Waals surface area contributed by atoms with E-state index in [1.165, 1.54) is 11.3 Å². The van der Waals surface area contributed by atoms with Gasteiger partial charge >= 0.3 is 0 Å². The van der Waals surface area contributed by atoms with Crippen LogP contribution in [0.5, 0.6) is 5.75 Å². The quantitative estimate of drug-likeness (QED) is 0.710. The second-order valence-corrected chi connectivity index (χ2v) is 6.44. The number of rotatable bonds is 6. The lowest BCUT2D eigenvalue weighted by molar-refractivity contribution is -0.116. The van der Waals surface area contributed by atoms with Crippen LogP contribution in [-0.2, 0) is 11.2 Å². The van der Waals surface area contributed by atoms with Gasteiger partial charge in [0.05, 0.1) is 30.0 Å². The van der Waals surface area contributed by atoms with Crippen LogP contribution in [0.4, 0.5) is 5.69 Å². The number of ether oxygens (including phenoxy) is 1. The summed E-state index contributed by atoms with van der Waals surface area (Å²) >= 11 is 1.54. The maximum Gasteiger partial charge on any atom is 0.224 e. The molecule has 1 heterocycles. The van der Waals surface area contributed by atoms with Gasteiger partial charge in [-0.25, -0.2) is 4.98 Å². The third-order valence-corrected chi connectivity index (χ3v) is 4.72. The number of nitrogens with one attached hydrogen (secondary N) is 1. The number of aromatic nitrogens is 1. The summed E-state index contributed by atoms with van der Waals surface area (Å²) in [6, 6.07) is 16.6. The van der Waals surface area contributed by atoms with Crippen LogP contribution in [0.1, 0.15) is 17.7 Å². The normalized spacial score (nSPS) is 10.2. The van der Waals surface area contributed by atoms with E-state index in [9.17, 15) is 4.79 Å². The van der Waals surface area contributed by atoms with Gasteiger partial charge in [0.15, 0.2) is 0 Å². The molecule has 0 aliphatic heterocycles. The number of benzene rings is 2. The van der Waals surface area contributed by atoms with Crippen molar-refractivity contribution in [2.24, 2.45) is 0 Å². The third kappa shape index (κ3) is 4.26. The van der Waals surface area contributed by atoms with Gasteiger partial charge in [-0.3, -0.25) is 4.79 Å². The summed E-state index contributed by atoms with van der Waals surface area (Å²) in [7, 11) is 1.64. The number of aryl methyl sites for hydroxylation is 1. The zero-order valence-corrected chi connectivity index (χ0v) is 15.0. The summed E-state index contributed by atoms with van der Waals surface area (Å²) < 4.78 is 5.37. The first-order valence-corrected chi connectivity index (χ1v) is 8.95. The van der Waals surface area contributed by atoms with Gasteiger partial charge < -0.3 is 10.1 Å². The zero-order valence-electron chi connectivity index (χ0n) is 14.2. The minimum absolute atomic E-state index is 0.0819. The number of hydrogen-bond donors (Lipinski definition) is 1. The van der Waals surface area contributed by atoms with E-state index in [0.29, 0.717) is 24.1 Å². The molecule has 0 bridgehead atoms. The molecule has 3 aromatic rings. The number of para-hydroxylation sites is 1. The summed E-state index contributed by atoms with van der Waals surface area (Å²) in [5.41, 5.74) is 3.08. The summed E-state index contributed by atoms with van der Waals surface area (Å²) in [5.74, 6) is 0.702. The van der Waals surface area contributed by atoms with Crippen molar-refractivity contribution in [3.8, 4) is 22.4 Å². The summed E-state index contributed by atoms with van der Waals surface area (Å²) in [6.07, 6.45) is 0.906. The minimum atomic E-state index is -0.0819. The number of nitrogens with zero attached hydrogens (tertiary/aromatic N) is 2. The Morgan fingerprint density at radius 3 is 2.73 bits per heavy atom. The molecule has 2 aromatic carbocycles. The van der Waals surface area contributed by atoms with Crippen LogP contribution in [0, 0.1) is 11.3 Å². The molecule has 5 nitrogen and oxygen atoms in total. The fourth-order valence-corrected chi connectivity index (χ4v) is 3.34. The lowest BCUT2D eigenvalue weighted by Gasteiger charge is -2.05. The highest BCUT2D eigenvalue weighted by Crippen LogP contribution is 2.32. The highest BCUT2D eigenvalue weighted by atomic mass is 32.1. The highest BCUT2D eigenvalue weighted by molar-refractivity contribution is 7.13. The van der Waals surface area contributed by atoms with Crippen molar-refractivity contribution in [3.05, 3.63) is 65.2 Å². The molecule has 6 heteroatoms. The maximum absolute atomic E-state index is 12.1. The maximum atomic E-state index is 12.1. The molecule has 0 saturated carbocycles. The van der Waals surface area contributed by atoms with E-state index >= 15 is 0 Å². The molecular weight excluding hydrogens is 346 g/mol. The molecule has 0 atom stereocenters. The average Bonchev–Trinajstić information content (AvgIpc) is 3.16. The fraction of sp³-hybridized carbons (Fsp3) is 0.150. The first-order valence-electron chi connectivity index (χ1n) is 8.07. The van der Waals surface area contributed by atoms with Gasteiger partial charge in [-0.2, -0.15) is 5.26 Å². The van der Waals surface area contributed by atoms with E-state index < -0.39 is 0 Å². The molecule has 0 aliphatic rings. The smallest absolute Gasteiger partial charge is 0.224 e. The van der Waals surface area contributed by atoms with Gasteiger partial charge in [0.25, 0.3) is 0 Å². The summed E-state index contributed by atoms with van der Waals surface area (Å²) in [5, 5.41) is 14.5. The van der Waals surface area contributed by atoms with Crippen LogP contribution in [0.2, 0.25) is 0 Å². The molecule has 0 unspecified atom stereocenters. The average molecular weight is 363 g/mol. The molecule has 1 N–H and O–H groups in total. The molecular formula is C20H17N3O2S. The number of amides is 1. The molecule has 0 radical (unpaired) electrons. The Bertz CT molecular complexity index is 942. The Morgan fingerprint density at radius 2 is 2.00 bits per heavy atom. The van der Waals surface area contributed by atoms with Crippen molar-refractivity contribution in [2.45, 2.75) is 12.8 Å². The Kier molecular flexibility index (Phi) is 5.62. The molecule has 3 rings (SSSR count). The predicted molar refractivity (Wildman–Crippen MR) is 102 cm³/mol. The molecule has 130 valence electrons. The van der Waals surface area contributed by atoms with E-state index in [4.69, 9.17) is 10.00 Å². The second kappa shape index (κ2) is 8.28. The number of carbonyl (C=O) groups is 1. The standard InChI is InChI=1S/C20H17N3O2S/c1-25-18-5-3-2-4-17(18)20-23-16(13-26-20)10-11-19(24)22-15-8-6-14(12-21)7-9-15/h2-9,13H,10-11H2,1H3,(H,22,24). The van der Waals surface area contributed by atoms with Crippen molar-refractivity contribution in [1.82, 2.24) is 4.98 Å². The van der Waals surface area contributed by atoms with Crippen molar-refractivity contribution < 1.29 is 9.53 Å². The number of anilines is 1. The predicted octanol–water partition coefficient (Wildman–Crippen LogP) is 4.26. The van der Waals surface area contributed by atoms with Gasteiger partial charge in [-0.05, 0) is 42.8 Å². The SMILES string of the molecule is COc1ccccc1-c1nc(CCC(=O)Nc2ccc(C#N)cc2)cs1. The largest absolute Gasteiger partial charge is 0.496 e. The van der Waals surface area contributed by atoms with E-state index in [2.05, 4.69) is 10.3 Å². The number of nitriles is 1. The number of methoxy groups -OCH3 is 1. The van der Waals surface area contributed by atoms with Crippen molar-refractivity contribution in [3.63, 3.8) is 0 Å². The van der Waals surface area contributed by atoms with Gasteiger partial charge in [0.1, 0.15) is 10.8 Å². The van der Waals surface area contributed by atoms with E-state index in [0.717, 1.165) is 22.0 Å². The molecule has 0 spiro atoms. The molecule has 0 aliphatic carbocycles. The summed E-state index contributed by atoms with van der Waals surface area (Å²) in [4.78, 5) is 16.7. The van der Waals surface area contributed by atoms with Gasteiger partial charge in [-0.1, -0.05) is 12.1 Å². The van der Waals surface area contributed by atoms with Crippen LogP contribution >= 0.6 is 11.3 Å². The van der Waals surface area contributed by atoms with E-state index in [1.807, 2.05) is 35.7 Å². The molecule has 0 saturated heterocycles.